The van der Waals surface area contributed by atoms with E-state index >= 15 is 0 Å². The summed E-state index contributed by atoms with van der Waals surface area (Å²) in [6.45, 7) is 1.56. The zero-order valence-corrected chi connectivity index (χ0v) is 15.0. The van der Waals surface area contributed by atoms with E-state index in [2.05, 4.69) is 5.32 Å². The maximum Gasteiger partial charge on any atom is 0.245 e. The Hall–Kier alpha value is -2.68. The molecule has 2 rings (SSSR count). The number of carbonyl (C=O) groups excluding carboxylic acids is 1. The third-order valence-corrected chi connectivity index (χ3v) is 4.48. The number of hydrogen-bond acceptors (Lipinski definition) is 4. The fourth-order valence-corrected chi connectivity index (χ4v) is 3.06. The molecule has 9 heteroatoms. The third kappa shape index (κ3) is 4.92. The topological polar surface area (TPSA) is 75.7 Å². The number of para-hydroxylation sites is 2. The van der Waals surface area contributed by atoms with E-state index in [1.807, 2.05) is 0 Å². The molecule has 6 nitrogen and oxygen atoms in total. The molecule has 2 aromatic rings. The Morgan fingerprint density at radius 2 is 1.85 bits per heavy atom. The quantitative estimate of drug-likeness (QED) is 0.797. The van der Waals surface area contributed by atoms with Gasteiger partial charge in [0.15, 0.2) is 11.6 Å². The predicted molar refractivity (Wildman–Crippen MR) is 94.8 cm³/mol. The lowest BCUT2D eigenvalue weighted by Gasteiger charge is -2.22. The van der Waals surface area contributed by atoms with Crippen LogP contribution < -0.4 is 14.4 Å². The zero-order valence-electron chi connectivity index (χ0n) is 14.2. The van der Waals surface area contributed by atoms with Crippen LogP contribution in [0, 0.1) is 11.6 Å². The van der Waals surface area contributed by atoms with E-state index in [4.69, 9.17) is 4.74 Å². The average Bonchev–Trinajstić information content (AvgIpc) is 2.56. The molecular weight excluding hydrogens is 366 g/mol. The second kappa shape index (κ2) is 8.13. The van der Waals surface area contributed by atoms with Crippen LogP contribution in [0.15, 0.2) is 42.5 Å². The second-order valence-corrected chi connectivity index (χ2v) is 7.25. The highest BCUT2D eigenvalue weighted by atomic mass is 32.2. The SMILES string of the molecule is CCOc1ccccc1NC(=O)CN(c1ccc(F)c(F)c1)S(C)(=O)=O. The molecule has 0 saturated carbocycles. The van der Waals surface area contributed by atoms with Crippen LogP contribution in [0.5, 0.6) is 5.75 Å². The minimum absolute atomic E-state index is 0.153. The zero-order chi connectivity index (χ0) is 19.3. The summed E-state index contributed by atoms with van der Waals surface area (Å²) in [5.74, 6) is -2.55. The molecule has 0 bridgehead atoms. The number of nitrogens with one attached hydrogen (secondary N) is 1. The van der Waals surface area contributed by atoms with Gasteiger partial charge in [-0.1, -0.05) is 12.1 Å². The van der Waals surface area contributed by atoms with Crippen molar-refractivity contribution in [3.05, 3.63) is 54.1 Å². The molecule has 0 heterocycles. The van der Waals surface area contributed by atoms with E-state index < -0.39 is 34.1 Å². The molecule has 0 saturated heterocycles. The van der Waals surface area contributed by atoms with E-state index in [9.17, 15) is 22.0 Å². The van der Waals surface area contributed by atoms with Crippen molar-refractivity contribution < 1.29 is 26.7 Å². The van der Waals surface area contributed by atoms with Crippen LogP contribution >= 0.6 is 0 Å². The standard InChI is InChI=1S/C17H18F2N2O4S/c1-3-25-16-7-5-4-6-15(16)20-17(22)11-21(26(2,23)24)12-8-9-13(18)14(19)10-12/h4-10H,3,11H2,1-2H3,(H,20,22). The van der Waals surface area contributed by atoms with Crippen molar-refractivity contribution in [2.24, 2.45) is 0 Å². The van der Waals surface area contributed by atoms with Gasteiger partial charge in [-0.2, -0.15) is 0 Å². The van der Waals surface area contributed by atoms with Crippen molar-refractivity contribution in [2.75, 3.05) is 29.0 Å². The molecule has 0 unspecified atom stereocenters. The molecule has 0 atom stereocenters. The van der Waals surface area contributed by atoms with Crippen LogP contribution in [-0.4, -0.2) is 33.7 Å². The van der Waals surface area contributed by atoms with Crippen LogP contribution in [-0.2, 0) is 14.8 Å². The minimum atomic E-state index is -3.90. The maximum absolute atomic E-state index is 13.4. The van der Waals surface area contributed by atoms with Gasteiger partial charge in [0, 0.05) is 6.07 Å². The lowest BCUT2D eigenvalue weighted by molar-refractivity contribution is -0.114. The van der Waals surface area contributed by atoms with E-state index in [1.165, 1.54) is 0 Å². The second-order valence-electron chi connectivity index (χ2n) is 5.35. The first kappa shape index (κ1) is 19.6. The van der Waals surface area contributed by atoms with Gasteiger partial charge < -0.3 is 10.1 Å². The van der Waals surface area contributed by atoms with E-state index in [-0.39, 0.29) is 5.69 Å². The number of anilines is 2. The summed E-state index contributed by atoms with van der Waals surface area (Å²) in [6, 6.07) is 9.27. The Morgan fingerprint density at radius 1 is 1.15 bits per heavy atom. The Kier molecular flexibility index (Phi) is 6.14. The largest absolute Gasteiger partial charge is 0.492 e. The van der Waals surface area contributed by atoms with Gasteiger partial charge in [-0.05, 0) is 31.2 Å². The molecule has 0 radical (unpaired) electrons. The monoisotopic (exact) mass is 384 g/mol. The highest BCUT2D eigenvalue weighted by Gasteiger charge is 2.22. The number of rotatable bonds is 7. The van der Waals surface area contributed by atoms with Crippen molar-refractivity contribution in [3.63, 3.8) is 0 Å². The number of nitrogens with zero attached hydrogens (tertiary/aromatic N) is 1. The van der Waals surface area contributed by atoms with Gasteiger partial charge in [-0.15, -0.1) is 0 Å². The van der Waals surface area contributed by atoms with Crippen LogP contribution in [0.2, 0.25) is 0 Å². The third-order valence-electron chi connectivity index (χ3n) is 3.34. The summed E-state index contributed by atoms with van der Waals surface area (Å²) in [7, 11) is -3.90. The number of hydrogen-bond donors (Lipinski definition) is 1. The lowest BCUT2D eigenvalue weighted by Crippen LogP contribution is -2.37. The Labute approximate surface area is 150 Å². The summed E-state index contributed by atoms with van der Waals surface area (Å²) in [5, 5.41) is 2.56. The van der Waals surface area contributed by atoms with Gasteiger partial charge >= 0.3 is 0 Å². The molecule has 0 aliphatic heterocycles. The van der Waals surface area contributed by atoms with Crippen molar-refractivity contribution in [2.45, 2.75) is 6.92 Å². The van der Waals surface area contributed by atoms with Gasteiger partial charge in [-0.25, -0.2) is 17.2 Å². The van der Waals surface area contributed by atoms with Crippen LogP contribution in [0.4, 0.5) is 20.2 Å². The van der Waals surface area contributed by atoms with Crippen molar-refractivity contribution in [3.8, 4) is 5.75 Å². The summed E-state index contributed by atoms with van der Waals surface area (Å²) in [6.07, 6.45) is 0.871. The first-order chi connectivity index (χ1) is 12.2. The number of carbonyl (C=O) groups is 1. The van der Waals surface area contributed by atoms with Gasteiger partial charge in [0.1, 0.15) is 12.3 Å². The lowest BCUT2D eigenvalue weighted by atomic mass is 10.3. The molecule has 140 valence electrons. The van der Waals surface area contributed by atoms with Gasteiger partial charge in [0.05, 0.1) is 24.2 Å². The molecule has 1 N–H and O–H groups in total. The van der Waals surface area contributed by atoms with Crippen LogP contribution in [0.25, 0.3) is 0 Å². The molecular formula is C17H18F2N2O4S. The van der Waals surface area contributed by atoms with Crippen LogP contribution in [0.3, 0.4) is 0 Å². The number of halogens is 2. The van der Waals surface area contributed by atoms with Gasteiger partial charge in [0.2, 0.25) is 15.9 Å². The summed E-state index contributed by atoms with van der Waals surface area (Å²) >= 11 is 0. The Morgan fingerprint density at radius 3 is 2.46 bits per heavy atom. The fourth-order valence-electron chi connectivity index (χ4n) is 2.21. The molecule has 26 heavy (non-hydrogen) atoms. The number of benzene rings is 2. The summed E-state index contributed by atoms with van der Waals surface area (Å²) in [4.78, 5) is 12.3. The first-order valence-electron chi connectivity index (χ1n) is 7.66. The minimum Gasteiger partial charge on any atom is -0.492 e. The normalized spacial score (nSPS) is 11.1. The smallest absolute Gasteiger partial charge is 0.245 e. The van der Waals surface area contributed by atoms with E-state index in [1.54, 1.807) is 31.2 Å². The predicted octanol–water partition coefficient (Wildman–Crippen LogP) is 2.77. The fraction of sp³-hybridized carbons (Fsp3) is 0.235. The van der Waals surface area contributed by atoms with Gasteiger partial charge in [0.25, 0.3) is 0 Å². The first-order valence-corrected chi connectivity index (χ1v) is 9.51. The average molecular weight is 384 g/mol. The van der Waals surface area contributed by atoms with E-state index in [0.717, 1.165) is 24.5 Å². The Balaban J connectivity index is 2.24. The highest BCUT2D eigenvalue weighted by molar-refractivity contribution is 7.92. The number of ether oxygens (including phenoxy) is 1. The van der Waals surface area contributed by atoms with Gasteiger partial charge in [-0.3, -0.25) is 9.10 Å². The van der Waals surface area contributed by atoms with Crippen LogP contribution in [0.1, 0.15) is 6.92 Å². The molecule has 0 aromatic heterocycles. The number of amides is 1. The Bertz CT molecular complexity index is 903. The van der Waals surface area contributed by atoms with Crippen molar-refractivity contribution in [1.82, 2.24) is 0 Å². The summed E-state index contributed by atoms with van der Waals surface area (Å²) < 4.78 is 56.6. The molecule has 0 aliphatic carbocycles. The number of sulfonamides is 1. The molecule has 2 aromatic carbocycles. The van der Waals surface area contributed by atoms with E-state index in [0.29, 0.717) is 22.3 Å². The maximum atomic E-state index is 13.4. The summed E-state index contributed by atoms with van der Waals surface area (Å²) in [5.41, 5.74) is 0.220. The van der Waals surface area contributed by atoms with Crippen molar-refractivity contribution in [1.29, 1.82) is 0 Å². The molecule has 0 aliphatic rings. The molecule has 1 amide bonds. The highest BCUT2D eigenvalue weighted by Crippen LogP contribution is 2.24. The molecule has 0 spiro atoms. The van der Waals surface area contributed by atoms with Crippen molar-refractivity contribution >= 4 is 27.3 Å². The molecule has 0 fully saturated rings.